The zero-order chi connectivity index (χ0) is 12.3. The molecule has 1 heterocycles. The zero-order valence-corrected chi connectivity index (χ0v) is 9.80. The third-order valence-corrected chi connectivity index (χ3v) is 2.93. The van der Waals surface area contributed by atoms with Crippen LogP contribution in [0.2, 0.25) is 0 Å². The number of nitrogens with zero attached hydrogens (tertiary/aromatic N) is 1. The molecule has 0 spiro atoms. The highest BCUT2D eigenvalue weighted by Gasteiger charge is 2.16. The molecular weight excluding hydrogens is 214 g/mol. The molecule has 0 bridgehead atoms. The molecule has 1 aromatic heterocycles. The Morgan fingerprint density at radius 1 is 1.29 bits per heavy atom. The highest BCUT2D eigenvalue weighted by molar-refractivity contribution is 5.49. The maximum absolute atomic E-state index is 9.27. The summed E-state index contributed by atoms with van der Waals surface area (Å²) >= 11 is 0. The molecule has 4 nitrogen and oxygen atoms in total. The number of nitrogens with one attached hydrogen (secondary N) is 1. The van der Waals surface area contributed by atoms with E-state index in [1.54, 1.807) is 12.1 Å². The third-order valence-electron chi connectivity index (χ3n) is 2.93. The molecule has 1 aromatic carbocycles. The number of likely N-dealkylation sites (N-methyl/N-ethyl adjacent to an activating group) is 1. The maximum Gasteiger partial charge on any atom is 0.115 e. The van der Waals surface area contributed by atoms with E-state index >= 15 is 0 Å². The van der Waals surface area contributed by atoms with Crippen molar-refractivity contribution in [3.8, 4) is 5.75 Å². The Bertz CT molecular complexity index is 450. The van der Waals surface area contributed by atoms with Crippen LogP contribution in [0.4, 0.5) is 5.69 Å². The van der Waals surface area contributed by atoms with Gasteiger partial charge in [0.25, 0.3) is 0 Å². The molecule has 1 unspecified atom stereocenters. The van der Waals surface area contributed by atoms with Gasteiger partial charge in [0.2, 0.25) is 0 Å². The second kappa shape index (κ2) is 4.93. The van der Waals surface area contributed by atoms with Crippen LogP contribution in [0, 0.1) is 0 Å². The zero-order valence-electron chi connectivity index (χ0n) is 9.80. The average molecular weight is 231 g/mol. The first-order chi connectivity index (χ1) is 8.22. The summed E-state index contributed by atoms with van der Waals surface area (Å²) in [7, 11) is 1.99. The lowest BCUT2D eigenvalue weighted by molar-refractivity contribution is 0.475. The fourth-order valence-electron chi connectivity index (χ4n) is 1.91. The van der Waals surface area contributed by atoms with E-state index in [4.69, 9.17) is 5.73 Å². The molecule has 17 heavy (non-hydrogen) atoms. The third kappa shape index (κ3) is 2.42. The number of anilines is 1. The summed E-state index contributed by atoms with van der Waals surface area (Å²) in [5, 5.41) is 9.27. The van der Waals surface area contributed by atoms with Crippen LogP contribution in [0.25, 0.3) is 0 Å². The van der Waals surface area contributed by atoms with Gasteiger partial charge < -0.3 is 20.7 Å². The minimum Gasteiger partial charge on any atom is -0.508 e. The standard InChI is InChI=1S/C13H17N3O/c1-16(10-4-6-11(17)7-5-10)13(9-14)12-3-2-8-15-12/h2-8,13,15,17H,9,14H2,1H3. The van der Waals surface area contributed by atoms with Crippen LogP contribution in [0.15, 0.2) is 42.6 Å². The van der Waals surface area contributed by atoms with Crippen LogP contribution < -0.4 is 10.6 Å². The van der Waals surface area contributed by atoms with Gasteiger partial charge >= 0.3 is 0 Å². The van der Waals surface area contributed by atoms with Crippen molar-refractivity contribution in [2.75, 3.05) is 18.5 Å². The highest BCUT2D eigenvalue weighted by Crippen LogP contribution is 2.25. The van der Waals surface area contributed by atoms with Crippen LogP contribution in [0.1, 0.15) is 11.7 Å². The number of H-pyrrole nitrogens is 1. The van der Waals surface area contributed by atoms with E-state index in [9.17, 15) is 5.11 Å². The van der Waals surface area contributed by atoms with E-state index in [1.807, 2.05) is 37.5 Å². The SMILES string of the molecule is CN(c1ccc(O)cc1)C(CN)c1ccc[nH]1. The van der Waals surface area contributed by atoms with Crippen molar-refractivity contribution < 1.29 is 5.11 Å². The molecule has 0 saturated heterocycles. The van der Waals surface area contributed by atoms with Gasteiger partial charge in [0.15, 0.2) is 0 Å². The van der Waals surface area contributed by atoms with E-state index in [0.29, 0.717) is 6.54 Å². The fraction of sp³-hybridized carbons (Fsp3) is 0.231. The van der Waals surface area contributed by atoms with Crippen LogP contribution in [-0.2, 0) is 0 Å². The molecule has 1 atom stereocenters. The number of aromatic hydroxyl groups is 1. The number of hydrogen-bond donors (Lipinski definition) is 3. The van der Waals surface area contributed by atoms with Crippen LogP contribution in [0.3, 0.4) is 0 Å². The molecule has 0 aliphatic heterocycles. The van der Waals surface area contributed by atoms with Crippen molar-refractivity contribution in [2.45, 2.75) is 6.04 Å². The molecule has 0 saturated carbocycles. The van der Waals surface area contributed by atoms with Gasteiger partial charge in [-0.05, 0) is 36.4 Å². The van der Waals surface area contributed by atoms with Gasteiger partial charge in [-0.25, -0.2) is 0 Å². The molecule has 2 rings (SSSR count). The summed E-state index contributed by atoms with van der Waals surface area (Å²) in [4.78, 5) is 5.27. The molecule has 0 amide bonds. The number of hydrogen-bond acceptors (Lipinski definition) is 3. The smallest absolute Gasteiger partial charge is 0.115 e. The summed E-state index contributed by atoms with van der Waals surface area (Å²) in [6.07, 6.45) is 1.89. The lowest BCUT2D eigenvalue weighted by Gasteiger charge is -2.28. The monoisotopic (exact) mass is 231 g/mol. The second-order valence-corrected chi connectivity index (χ2v) is 4.00. The summed E-state index contributed by atoms with van der Waals surface area (Å²) in [5.74, 6) is 0.270. The number of nitrogens with two attached hydrogens (primary N) is 1. The molecule has 0 aliphatic rings. The first-order valence-electron chi connectivity index (χ1n) is 5.57. The van der Waals surface area contributed by atoms with Crippen LogP contribution >= 0.6 is 0 Å². The van der Waals surface area contributed by atoms with E-state index in [2.05, 4.69) is 9.88 Å². The fourth-order valence-corrected chi connectivity index (χ4v) is 1.91. The number of benzene rings is 1. The Morgan fingerprint density at radius 2 is 2.00 bits per heavy atom. The van der Waals surface area contributed by atoms with Gasteiger partial charge in [-0.1, -0.05) is 0 Å². The van der Waals surface area contributed by atoms with Crippen molar-refractivity contribution >= 4 is 5.69 Å². The quantitative estimate of drug-likeness (QED) is 0.752. The van der Waals surface area contributed by atoms with Gasteiger partial charge in [-0.15, -0.1) is 0 Å². The lowest BCUT2D eigenvalue weighted by atomic mass is 10.1. The first-order valence-corrected chi connectivity index (χ1v) is 5.57. The van der Waals surface area contributed by atoms with Gasteiger partial charge in [-0.3, -0.25) is 0 Å². The molecule has 2 aromatic rings. The molecular formula is C13H17N3O. The first kappa shape index (κ1) is 11.5. The summed E-state index contributed by atoms with van der Waals surface area (Å²) in [6.45, 7) is 0.526. The Balaban J connectivity index is 2.23. The maximum atomic E-state index is 9.27. The Hall–Kier alpha value is -1.94. The minimum absolute atomic E-state index is 0.106. The number of phenolic OH excluding ortho intramolecular Hbond substituents is 1. The van der Waals surface area contributed by atoms with E-state index in [0.717, 1.165) is 11.4 Å². The van der Waals surface area contributed by atoms with Crippen LogP contribution in [-0.4, -0.2) is 23.7 Å². The largest absolute Gasteiger partial charge is 0.508 e. The molecule has 4 N–H and O–H groups in total. The average Bonchev–Trinajstić information content (AvgIpc) is 2.84. The van der Waals surface area contributed by atoms with Gasteiger partial charge in [0.1, 0.15) is 5.75 Å². The van der Waals surface area contributed by atoms with Crippen molar-refractivity contribution in [2.24, 2.45) is 5.73 Å². The van der Waals surface area contributed by atoms with E-state index < -0.39 is 0 Å². The van der Waals surface area contributed by atoms with E-state index in [1.165, 1.54) is 0 Å². The van der Waals surface area contributed by atoms with Crippen molar-refractivity contribution in [1.82, 2.24) is 4.98 Å². The topological polar surface area (TPSA) is 65.3 Å². The van der Waals surface area contributed by atoms with Gasteiger partial charge in [0, 0.05) is 31.2 Å². The summed E-state index contributed by atoms with van der Waals surface area (Å²) < 4.78 is 0. The Morgan fingerprint density at radius 3 is 2.53 bits per heavy atom. The van der Waals surface area contributed by atoms with Crippen molar-refractivity contribution in [3.63, 3.8) is 0 Å². The predicted octanol–water partition coefficient (Wildman–Crippen LogP) is 1.86. The number of rotatable bonds is 4. The molecule has 0 radical (unpaired) electrons. The number of phenols is 1. The summed E-state index contributed by atoms with van der Waals surface area (Å²) in [5.41, 5.74) is 7.93. The highest BCUT2D eigenvalue weighted by atomic mass is 16.3. The van der Waals surface area contributed by atoms with E-state index in [-0.39, 0.29) is 11.8 Å². The number of aromatic amines is 1. The molecule has 90 valence electrons. The van der Waals surface area contributed by atoms with Crippen molar-refractivity contribution in [3.05, 3.63) is 48.3 Å². The predicted molar refractivity (Wildman–Crippen MR) is 69.1 cm³/mol. The Labute approximate surface area is 101 Å². The summed E-state index contributed by atoms with van der Waals surface area (Å²) in [6, 6.07) is 11.2. The van der Waals surface area contributed by atoms with Gasteiger partial charge in [0.05, 0.1) is 6.04 Å². The molecule has 4 heteroatoms. The van der Waals surface area contributed by atoms with Crippen LogP contribution in [0.5, 0.6) is 5.75 Å². The van der Waals surface area contributed by atoms with Gasteiger partial charge in [-0.2, -0.15) is 0 Å². The molecule has 0 aliphatic carbocycles. The molecule has 0 fully saturated rings. The normalized spacial score (nSPS) is 12.4. The number of aromatic nitrogens is 1. The minimum atomic E-state index is 0.106. The second-order valence-electron chi connectivity index (χ2n) is 4.00. The lowest BCUT2D eigenvalue weighted by Crippen LogP contribution is -2.30. The van der Waals surface area contributed by atoms with Crippen molar-refractivity contribution in [1.29, 1.82) is 0 Å². The Kier molecular flexibility index (Phi) is 3.35.